The number of alkyl halides is 8. The van der Waals surface area contributed by atoms with E-state index in [4.69, 9.17) is 17.3 Å². The molecule has 5 aromatic rings. The monoisotopic (exact) mass is 905 g/mol. The van der Waals surface area contributed by atoms with E-state index in [0.29, 0.717) is 10.7 Å². The quantitative estimate of drug-likeness (QED) is 0.112. The summed E-state index contributed by atoms with van der Waals surface area (Å²) in [6.07, 6.45) is -9.85. The summed E-state index contributed by atoms with van der Waals surface area (Å²) in [6.45, 7) is -0.277. The smallest absolute Gasteiger partial charge is 0.382 e. The Morgan fingerprint density at radius 3 is 2.26 bits per heavy atom. The molecule has 3 atom stereocenters. The molecule has 0 aliphatic heterocycles. The van der Waals surface area contributed by atoms with E-state index < -0.39 is 111 Å². The zero-order valence-electron chi connectivity index (χ0n) is 31.2. The largest absolute Gasteiger partial charge is 0.435 e. The van der Waals surface area contributed by atoms with Crippen molar-refractivity contribution in [2.45, 2.75) is 82.2 Å². The Morgan fingerprint density at radius 2 is 1.66 bits per heavy atom. The Bertz CT molecular complexity index is 2750. The first-order chi connectivity index (χ1) is 27.7. The lowest BCUT2D eigenvalue weighted by Gasteiger charge is -2.23. The number of nitrogens with two attached hydrogens (primary N) is 1. The van der Waals surface area contributed by atoms with E-state index in [1.165, 1.54) is 38.1 Å². The van der Waals surface area contributed by atoms with Gasteiger partial charge in [0.15, 0.2) is 21.3 Å². The van der Waals surface area contributed by atoms with Crippen LogP contribution in [-0.4, -0.2) is 56.0 Å². The number of benzene rings is 2. The molecular weight excluding hydrogens is 872 g/mol. The average Bonchev–Trinajstić information content (AvgIpc) is 3.64. The number of nitrogens with one attached hydrogen (secondary N) is 1. The van der Waals surface area contributed by atoms with Crippen LogP contribution in [0.5, 0.6) is 0 Å². The van der Waals surface area contributed by atoms with Crippen LogP contribution < -0.4 is 11.1 Å². The van der Waals surface area contributed by atoms with Gasteiger partial charge < -0.3 is 11.1 Å². The Hall–Kier alpha value is -5.36. The highest BCUT2D eigenvalue weighted by molar-refractivity contribution is 7.92. The molecule has 2 aromatic carbocycles. The van der Waals surface area contributed by atoms with Gasteiger partial charge in [0.1, 0.15) is 40.9 Å². The summed E-state index contributed by atoms with van der Waals surface area (Å²) >= 11 is 6.38. The minimum absolute atomic E-state index is 0. The fourth-order valence-corrected chi connectivity index (χ4v) is 7.79. The topological polar surface area (TPSA) is 138 Å². The number of anilines is 1. The second-order valence-corrected chi connectivity index (χ2v) is 18.1. The van der Waals surface area contributed by atoms with Crippen LogP contribution in [0.15, 0.2) is 42.5 Å². The zero-order chi connectivity index (χ0) is 44.1. The molecule has 3 aromatic heterocycles. The van der Waals surface area contributed by atoms with Crippen LogP contribution >= 0.6 is 11.6 Å². The first-order valence-corrected chi connectivity index (χ1v) is 20.0. The molecule has 1 fully saturated rings. The third-order valence-electron chi connectivity index (χ3n) is 10.4. The molecule has 3 N–H and O–H groups in total. The first-order valence-electron chi connectivity index (χ1n) is 17.7. The maximum atomic E-state index is 15.4. The van der Waals surface area contributed by atoms with Crippen molar-refractivity contribution < 1.29 is 57.1 Å². The van der Waals surface area contributed by atoms with Crippen molar-refractivity contribution in [3.8, 4) is 23.0 Å². The minimum Gasteiger partial charge on any atom is -0.382 e. The van der Waals surface area contributed by atoms with E-state index in [0.717, 1.165) is 18.4 Å². The number of sulfone groups is 1. The van der Waals surface area contributed by atoms with Gasteiger partial charge in [-0.2, -0.15) is 45.3 Å². The average molecular weight is 906 g/mol. The number of hydrogen-bond donors (Lipinski definition) is 2. The van der Waals surface area contributed by atoms with Crippen molar-refractivity contribution in [3.05, 3.63) is 93.0 Å². The van der Waals surface area contributed by atoms with Crippen LogP contribution in [0, 0.1) is 29.4 Å². The molecule has 2 aliphatic rings. The Labute approximate surface area is 346 Å². The first kappa shape index (κ1) is 45.2. The molecule has 61 heavy (non-hydrogen) atoms. The number of fused-ring (bicyclic) bond motifs is 4. The van der Waals surface area contributed by atoms with Crippen molar-refractivity contribution in [2.24, 2.45) is 5.92 Å². The van der Waals surface area contributed by atoms with Crippen LogP contribution in [0.25, 0.3) is 22.0 Å². The fourth-order valence-electron chi connectivity index (χ4n) is 7.30. The summed E-state index contributed by atoms with van der Waals surface area (Å²) in [7, 11) is -3.80. The van der Waals surface area contributed by atoms with Gasteiger partial charge in [-0.1, -0.05) is 31.0 Å². The number of carbonyl (C=O) groups excluding carboxylic acids is 1. The predicted molar refractivity (Wildman–Crippen MR) is 204 cm³/mol. The molecular formula is C39H34ClF10N7O3S. The molecule has 1 amide bonds. The van der Waals surface area contributed by atoms with Gasteiger partial charge in [-0.15, -0.1) is 0 Å². The van der Waals surface area contributed by atoms with Crippen LogP contribution in [0.2, 0.25) is 5.02 Å². The van der Waals surface area contributed by atoms with Crippen LogP contribution in [0.4, 0.5) is 49.7 Å². The Balaban J connectivity index is 0.00000622. The summed E-state index contributed by atoms with van der Waals surface area (Å²) in [5, 5.41) is 9.45. The molecule has 10 nitrogen and oxygen atoms in total. The maximum absolute atomic E-state index is 15.4. The molecule has 0 unspecified atom stereocenters. The summed E-state index contributed by atoms with van der Waals surface area (Å²) < 4.78 is 168. The molecule has 0 saturated heterocycles. The summed E-state index contributed by atoms with van der Waals surface area (Å²) in [4.78, 5) is 18.4. The number of rotatable bonds is 9. The highest BCUT2D eigenvalue weighted by Gasteiger charge is 2.68. The van der Waals surface area contributed by atoms with Gasteiger partial charge in [0.25, 0.3) is 5.92 Å². The Morgan fingerprint density at radius 1 is 1.02 bits per heavy atom. The molecule has 22 heteroatoms. The van der Waals surface area contributed by atoms with Gasteiger partial charge in [0, 0.05) is 34.9 Å². The molecule has 0 bridgehead atoms. The standard InChI is InChI=1S/C38H30ClF10N7O3S.CH4/c1-35(2,60(3,58)59)9-8-20-4-5-21(22-6-7-25(39)29-31(22)56(54-34(29)50)16-36(42,43)44)30(51-20)26(12-17-10-18(40)13-19(41)11-17)52-27(57)15-55-33-28(32(53-55)38(47,48)49)23-14-24(23)37(33,45)46;/h4-7,10-11,13,23-24,26H,12,14-16H2,1-3H3,(H2,50,54)(H,52,57);1H4/t23-,24+,26-;/m0./s1. The molecule has 0 spiro atoms. The van der Waals surface area contributed by atoms with Crippen molar-refractivity contribution >= 4 is 44.1 Å². The highest BCUT2D eigenvalue weighted by Crippen LogP contribution is 2.68. The van der Waals surface area contributed by atoms with Gasteiger partial charge in [-0.3, -0.25) is 14.2 Å². The maximum Gasteiger partial charge on any atom is 0.435 e. The van der Waals surface area contributed by atoms with E-state index in [2.05, 4.69) is 32.3 Å². The lowest BCUT2D eigenvalue weighted by Crippen LogP contribution is -2.35. The number of amides is 1. The van der Waals surface area contributed by atoms with E-state index in [9.17, 15) is 48.3 Å². The summed E-state index contributed by atoms with van der Waals surface area (Å²) in [6, 6.07) is 5.79. The van der Waals surface area contributed by atoms with Crippen molar-refractivity contribution in [3.63, 3.8) is 0 Å². The second kappa shape index (κ2) is 15.2. The number of halogens is 11. The summed E-state index contributed by atoms with van der Waals surface area (Å²) in [5.41, 5.74) is 1.61. The summed E-state index contributed by atoms with van der Waals surface area (Å²) in [5.74, 6) is -4.90. The van der Waals surface area contributed by atoms with E-state index in [-0.39, 0.29) is 62.5 Å². The molecule has 326 valence electrons. The number of nitrogen functional groups attached to an aromatic ring is 1. The van der Waals surface area contributed by atoms with Crippen molar-refractivity contribution in [1.29, 1.82) is 0 Å². The highest BCUT2D eigenvalue weighted by atomic mass is 35.5. The number of pyridine rings is 1. The van der Waals surface area contributed by atoms with Crippen LogP contribution in [-0.2, 0) is 46.2 Å². The lowest BCUT2D eigenvalue weighted by molar-refractivity contribution is -0.142. The van der Waals surface area contributed by atoms with Crippen LogP contribution in [0.1, 0.15) is 73.6 Å². The van der Waals surface area contributed by atoms with Gasteiger partial charge in [-0.25, -0.2) is 22.2 Å². The van der Waals surface area contributed by atoms with Gasteiger partial charge in [-0.05, 0) is 74.4 Å². The number of carbonyl (C=O) groups is 1. The third-order valence-corrected chi connectivity index (χ3v) is 12.6. The molecule has 0 radical (unpaired) electrons. The number of nitrogens with zero attached hydrogens (tertiary/aromatic N) is 5. The van der Waals surface area contributed by atoms with Gasteiger partial charge >= 0.3 is 12.4 Å². The lowest BCUT2D eigenvalue weighted by atomic mass is 9.93. The number of aromatic nitrogens is 5. The van der Waals surface area contributed by atoms with E-state index in [1.54, 1.807) is 0 Å². The van der Waals surface area contributed by atoms with Gasteiger partial charge in [0.2, 0.25) is 5.91 Å². The minimum atomic E-state index is -5.15. The zero-order valence-corrected chi connectivity index (χ0v) is 32.8. The molecule has 2 aliphatic carbocycles. The van der Waals surface area contributed by atoms with Crippen molar-refractivity contribution in [1.82, 2.24) is 29.9 Å². The molecule has 1 saturated carbocycles. The number of hydrogen-bond acceptors (Lipinski definition) is 7. The van der Waals surface area contributed by atoms with Crippen LogP contribution in [0.3, 0.4) is 0 Å². The normalized spacial score (nSPS) is 17.5. The van der Waals surface area contributed by atoms with Crippen molar-refractivity contribution in [2.75, 3.05) is 12.0 Å². The SMILES string of the molecule is C.CC(C)(C#Cc1ccc(-c2ccc(Cl)c3c(N)nn(CC(F)(F)F)c23)c([C@H](Cc2cc(F)cc(F)c2)NC(=O)Cn2nc(C(F)(F)F)c3c2C(F)(F)[C@@H]2C[C@H]32)n1)S(C)(=O)=O. The molecule has 7 rings (SSSR count). The molecule has 3 heterocycles. The predicted octanol–water partition coefficient (Wildman–Crippen LogP) is 8.51. The van der Waals surface area contributed by atoms with Gasteiger partial charge in [0.05, 0.1) is 27.7 Å². The fraction of sp³-hybridized carbons (Fsp3) is 0.385. The van der Waals surface area contributed by atoms with E-state index in [1.807, 2.05) is 0 Å². The third kappa shape index (κ3) is 8.61. The van der Waals surface area contributed by atoms with E-state index >= 15 is 8.78 Å². The Kier molecular flexibility index (Phi) is 11.3. The second-order valence-electron chi connectivity index (χ2n) is 15.1.